The van der Waals surface area contributed by atoms with Crippen LogP contribution in [-0.4, -0.2) is 16.8 Å². The molecule has 0 amide bonds. The van der Waals surface area contributed by atoms with Gasteiger partial charge in [0.2, 0.25) is 0 Å². The van der Waals surface area contributed by atoms with Crippen molar-refractivity contribution in [2.24, 2.45) is 0 Å². The highest BCUT2D eigenvalue weighted by molar-refractivity contribution is 6.31. The molecule has 1 N–H and O–H groups in total. The monoisotopic (exact) mass is 301 g/mol. The van der Waals surface area contributed by atoms with Gasteiger partial charge in [-0.2, -0.15) is 5.10 Å². The van der Waals surface area contributed by atoms with E-state index in [1.54, 1.807) is 24.0 Å². The lowest BCUT2D eigenvalue weighted by atomic mass is 10.0. The fraction of sp³-hybridized carbons (Fsp3) is 0.308. The van der Waals surface area contributed by atoms with E-state index in [-0.39, 0.29) is 11.1 Å². The number of aryl methyl sites for hydroxylation is 1. The van der Waals surface area contributed by atoms with Gasteiger partial charge in [0.15, 0.2) is 0 Å². The van der Waals surface area contributed by atoms with E-state index in [4.69, 9.17) is 23.2 Å². The highest BCUT2D eigenvalue weighted by Crippen LogP contribution is 2.29. The molecule has 0 spiro atoms. The van der Waals surface area contributed by atoms with Crippen molar-refractivity contribution < 1.29 is 4.39 Å². The Morgan fingerprint density at radius 2 is 2.11 bits per heavy atom. The number of nitrogens with zero attached hydrogens (tertiary/aromatic N) is 2. The van der Waals surface area contributed by atoms with Gasteiger partial charge in [-0.1, -0.05) is 29.3 Å². The first kappa shape index (κ1) is 14.3. The predicted octanol–water partition coefficient (Wildman–Crippen LogP) is 3.66. The smallest absolute Gasteiger partial charge is 0.142 e. The van der Waals surface area contributed by atoms with E-state index in [0.29, 0.717) is 11.6 Å². The van der Waals surface area contributed by atoms with Crippen LogP contribution in [0.15, 0.2) is 24.4 Å². The highest BCUT2D eigenvalue weighted by atomic mass is 35.5. The molecule has 0 aliphatic heterocycles. The summed E-state index contributed by atoms with van der Waals surface area (Å²) in [6.45, 7) is 2.66. The first-order chi connectivity index (χ1) is 9.08. The molecule has 1 aromatic carbocycles. The Morgan fingerprint density at radius 1 is 1.37 bits per heavy atom. The average Bonchev–Trinajstić information content (AvgIpc) is 2.76. The zero-order valence-corrected chi connectivity index (χ0v) is 12.1. The number of nitrogens with one attached hydrogen (secondary N) is 1. The van der Waals surface area contributed by atoms with Crippen molar-refractivity contribution in [3.63, 3.8) is 0 Å². The van der Waals surface area contributed by atoms with E-state index < -0.39 is 5.82 Å². The number of hydrogen-bond donors (Lipinski definition) is 1. The highest BCUT2D eigenvalue weighted by Gasteiger charge is 2.21. The first-order valence-corrected chi connectivity index (χ1v) is 6.67. The molecule has 102 valence electrons. The normalized spacial score (nSPS) is 12.7. The Bertz CT molecular complexity index is 583. The van der Waals surface area contributed by atoms with Crippen LogP contribution in [0.3, 0.4) is 0 Å². The topological polar surface area (TPSA) is 29.9 Å². The second kappa shape index (κ2) is 5.90. The summed E-state index contributed by atoms with van der Waals surface area (Å²) in [6, 6.07) is 4.49. The lowest BCUT2D eigenvalue weighted by molar-refractivity contribution is 0.558. The van der Waals surface area contributed by atoms with Gasteiger partial charge < -0.3 is 5.32 Å². The summed E-state index contributed by atoms with van der Waals surface area (Å²) in [6.07, 6.45) is 1.59. The van der Waals surface area contributed by atoms with Gasteiger partial charge in [0.25, 0.3) is 0 Å². The minimum atomic E-state index is -0.446. The molecule has 0 aliphatic carbocycles. The summed E-state index contributed by atoms with van der Waals surface area (Å²) < 4.78 is 15.4. The van der Waals surface area contributed by atoms with Crippen LogP contribution in [0.4, 0.5) is 4.39 Å². The molecule has 1 unspecified atom stereocenters. The molecule has 6 heteroatoms. The van der Waals surface area contributed by atoms with Crippen molar-refractivity contribution in [3.8, 4) is 0 Å². The molecule has 0 radical (unpaired) electrons. The van der Waals surface area contributed by atoms with Crippen molar-refractivity contribution in [2.45, 2.75) is 19.5 Å². The lowest BCUT2D eigenvalue weighted by Gasteiger charge is -2.19. The zero-order valence-electron chi connectivity index (χ0n) is 10.6. The molecule has 0 bridgehead atoms. The van der Waals surface area contributed by atoms with E-state index in [1.165, 1.54) is 12.1 Å². The van der Waals surface area contributed by atoms with Crippen LogP contribution in [0.25, 0.3) is 0 Å². The van der Waals surface area contributed by atoms with Gasteiger partial charge in [0.05, 0.1) is 28.0 Å². The molecular weight excluding hydrogens is 288 g/mol. The van der Waals surface area contributed by atoms with E-state index >= 15 is 0 Å². The van der Waals surface area contributed by atoms with Crippen LogP contribution in [0.1, 0.15) is 24.2 Å². The molecular formula is C13H14Cl2FN3. The maximum atomic E-state index is 13.6. The Labute approximate surface area is 121 Å². The largest absolute Gasteiger partial charge is 0.308 e. The fourth-order valence-electron chi connectivity index (χ4n) is 2.06. The molecule has 2 rings (SSSR count). The second-order valence-electron chi connectivity index (χ2n) is 4.09. The van der Waals surface area contributed by atoms with Gasteiger partial charge in [-0.05, 0) is 31.7 Å². The van der Waals surface area contributed by atoms with Crippen LogP contribution >= 0.6 is 23.2 Å². The van der Waals surface area contributed by atoms with Crippen LogP contribution in [0.5, 0.6) is 0 Å². The second-order valence-corrected chi connectivity index (χ2v) is 4.90. The maximum Gasteiger partial charge on any atom is 0.142 e. The molecule has 19 heavy (non-hydrogen) atoms. The van der Waals surface area contributed by atoms with Gasteiger partial charge in [-0.25, -0.2) is 4.39 Å². The van der Waals surface area contributed by atoms with Gasteiger partial charge in [0, 0.05) is 6.54 Å². The van der Waals surface area contributed by atoms with Gasteiger partial charge in [-0.15, -0.1) is 0 Å². The van der Waals surface area contributed by atoms with Crippen molar-refractivity contribution in [1.82, 2.24) is 15.1 Å². The SMILES string of the molecule is CCn1ncc(Cl)c1C(NC)c1ccc(Cl)c(F)c1. The quantitative estimate of drug-likeness (QED) is 0.934. The summed E-state index contributed by atoms with van der Waals surface area (Å²) in [5, 5.41) is 7.98. The summed E-state index contributed by atoms with van der Waals surface area (Å²) in [5.41, 5.74) is 1.56. The molecule has 2 aromatic rings. The van der Waals surface area contributed by atoms with Gasteiger partial charge in [-0.3, -0.25) is 4.68 Å². The minimum absolute atomic E-state index is 0.105. The van der Waals surface area contributed by atoms with Crippen molar-refractivity contribution >= 4 is 23.2 Å². The van der Waals surface area contributed by atoms with Crippen LogP contribution in [-0.2, 0) is 6.54 Å². The molecule has 0 saturated heterocycles. The summed E-state index contributed by atoms with van der Waals surface area (Å²) in [7, 11) is 1.79. The number of rotatable bonds is 4. The minimum Gasteiger partial charge on any atom is -0.308 e. The van der Waals surface area contributed by atoms with Gasteiger partial charge in [0.1, 0.15) is 5.82 Å². The Balaban J connectivity index is 2.49. The van der Waals surface area contributed by atoms with E-state index in [0.717, 1.165) is 11.3 Å². The maximum absolute atomic E-state index is 13.6. The molecule has 1 atom stereocenters. The Morgan fingerprint density at radius 3 is 2.68 bits per heavy atom. The molecule has 0 aliphatic rings. The van der Waals surface area contributed by atoms with E-state index in [2.05, 4.69) is 10.4 Å². The molecule has 1 aromatic heterocycles. The third-order valence-electron chi connectivity index (χ3n) is 2.97. The summed E-state index contributed by atoms with van der Waals surface area (Å²) in [4.78, 5) is 0. The third kappa shape index (κ3) is 2.76. The molecule has 3 nitrogen and oxygen atoms in total. The fourth-order valence-corrected chi connectivity index (χ4v) is 2.43. The predicted molar refractivity (Wildman–Crippen MR) is 75.2 cm³/mol. The van der Waals surface area contributed by atoms with Crippen LogP contribution in [0, 0.1) is 5.82 Å². The number of benzene rings is 1. The summed E-state index contributed by atoms with van der Waals surface area (Å²) in [5.74, 6) is -0.446. The average molecular weight is 302 g/mol. The summed E-state index contributed by atoms with van der Waals surface area (Å²) >= 11 is 11.9. The van der Waals surface area contributed by atoms with Crippen molar-refractivity contribution in [1.29, 1.82) is 0 Å². The van der Waals surface area contributed by atoms with Crippen molar-refractivity contribution in [2.75, 3.05) is 7.05 Å². The number of halogens is 3. The lowest BCUT2D eigenvalue weighted by Crippen LogP contribution is -2.22. The van der Waals surface area contributed by atoms with Crippen LogP contribution in [0.2, 0.25) is 10.0 Å². The Hall–Kier alpha value is -1.10. The third-order valence-corrected chi connectivity index (χ3v) is 3.57. The first-order valence-electron chi connectivity index (χ1n) is 5.91. The van der Waals surface area contributed by atoms with Gasteiger partial charge >= 0.3 is 0 Å². The molecule has 0 saturated carbocycles. The zero-order chi connectivity index (χ0) is 14.0. The molecule has 0 fully saturated rings. The van der Waals surface area contributed by atoms with E-state index in [1.807, 2.05) is 6.92 Å². The Kier molecular flexibility index (Phi) is 4.45. The standard InChI is InChI=1S/C13H14Cl2FN3/c1-3-19-13(10(15)7-18-19)12(17-2)8-4-5-9(14)11(16)6-8/h4-7,12,17H,3H2,1-2H3. The van der Waals surface area contributed by atoms with Crippen molar-refractivity contribution in [3.05, 3.63) is 51.5 Å². The molecule has 1 heterocycles. The van der Waals surface area contributed by atoms with Crippen LogP contribution < -0.4 is 5.32 Å². The number of hydrogen-bond acceptors (Lipinski definition) is 2. The number of aromatic nitrogens is 2. The van der Waals surface area contributed by atoms with E-state index in [9.17, 15) is 4.39 Å².